The average Bonchev–Trinajstić information content (AvgIpc) is 2.74. The molecular weight excluding hydrogens is 254 g/mol. The number of nitrogens with zero attached hydrogens (tertiary/aromatic N) is 1. The molecule has 0 saturated carbocycles. The summed E-state index contributed by atoms with van der Waals surface area (Å²) in [5.74, 6) is 1.16. The minimum Gasteiger partial charge on any atom is -0.496 e. The van der Waals surface area contributed by atoms with Crippen molar-refractivity contribution in [2.45, 2.75) is 31.3 Å². The number of amides is 1. The minimum atomic E-state index is 0.0103. The van der Waals surface area contributed by atoms with Crippen molar-refractivity contribution in [1.82, 2.24) is 4.90 Å². The first-order valence-corrected chi connectivity index (χ1v) is 6.96. The van der Waals surface area contributed by atoms with E-state index in [9.17, 15) is 4.79 Å². The Hall–Kier alpha value is -1.97. The van der Waals surface area contributed by atoms with Crippen molar-refractivity contribution in [3.63, 3.8) is 0 Å². The molecule has 0 radical (unpaired) electrons. The van der Waals surface area contributed by atoms with Gasteiger partial charge in [-0.3, -0.25) is 4.79 Å². The Morgan fingerprint density at radius 3 is 2.50 bits per heavy atom. The summed E-state index contributed by atoms with van der Waals surface area (Å²) < 4.78 is 10.7. The van der Waals surface area contributed by atoms with Gasteiger partial charge in [-0.15, -0.1) is 0 Å². The minimum absolute atomic E-state index is 0.0103. The second-order valence-electron chi connectivity index (χ2n) is 5.21. The molecule has 2 atom stereocenters. The van der Waals surface area contributed by atoms with Gasteiger partial charge in [-0.2, -0.15) is 0 Å². The van der Waals surface area contributed by atoms with Crippen LogP contribution in [-0.4, -0.2) is 37.1 Å². The highest BCUT2D eigenvalue weighted by Crippen LogP contribution is 2.37. The Morgan fingerprint density at radius 2 is 1.90 bits per heavy atom. The van der Waals surface area contributed by atoms with Gasteiger partial charge in [-0.05, 0) is 31.4 Å². The number of rotatable bonds is 3. The second-order valence-corrected chi connectivity index (χ2v) is 5.21. The number of carbonyl (C=O) groups is 1. The van der Waals surface area contributed by atoms with Crippen molar-refractivity contribution in [2.75, 3.05) is 14.2 Å². The molecule has 1 fully saturated rings. The van der Waals surface area contributed by atoms with Crippen LogP contribution in [-0.2, 0) is 0 Å². The Bertz CT molecular complexity index is 530. The third kappa shape index (κ3) is 1.96. The normalized spacial score (nSPS) is 23.8. The molecule has 1 aromatic carbocycles. The van der Waals surface area contributed by atoms with E-state index in [0.29, 0.717) is 23.1 Å². The maximum absolute atomic E-state index is 13.0. The van der Waals surface area contributed by atoms with E-state index in [2.05, 4.69) is 12.2 Å². The SMILES string of the molecule is COc1cccc(OC)c1C(=O)N1C2C=CCC1CC2. The second kappa shape index (κ2) is 5.19. The first-order valence-electron chi connectivity index (χ1n) is 6.96. The maximum Gasteiger partial charge on any atom is 0.262 e. The van der Waals surface area contributed by atoms with Crippen LogP contribution in [0.25, 0.3) is 0 Å². The van der Waals surface area contributed by atoms with E-state index < -0.39 is 0 Å². The van der Waals surface area contributed by atoms with Crippen molar-refractivity contribution in [3.05, 3.63) is 35.9 Å². The fourth-order valence-corrected chi connectivity index (χ4v) is 3.23. The predicted molar refractivity (Wildman–Crippen MR) is 76.3 cm³/mol. The lowest BCUT2D eigenvalue weighted by atomic mass is 10.1. The molecule has 4 nitrogen and oxygen atoms in total. The molecule has 1 amide bonds. The summed E-state index contributed by atoms with van der Waals surface area (Å²) in [6.45, 7) is 0. The lowest BCUT2D eigenvalue weighted by Gasteiger charge is -2.32. The highest BCUT2D eigenvalue weighted by atomic mass is 16.5. The summed E-state index contributed by atoms with van der Waals surface area (Å²) in [5.41, 5.74) is 0.532. The van der Waals surface area contributed by atoms with Crippen LogP contribution in [0.15, 0.2) is 30.4 Å². The molecule has 2 bridgehead atoms. The number of benzene rings is 1. The highest BCUT2D eigenvalue weighted by Gasteiger charge is 2.39. The van der Waals surface area contributed by atoms with Gasteiger partial charge in [-0.1, -0.05) is 18.2 Å². The lowest BCUT2D eigenvalue weighted by molar-refractivity contribution is 0.0682. The largest absolute Gasteiger partial charge is 0.496 e. The molecule has 1 saturated heterocycles. The Morgan fingerprint density at radius 1 is 1.20 bits per heavy atom. The van der Waals surface area contributed by atoms with Gasteiger partial charge in [0.15, 0.2) is 0 Å². The zero-order valence-electron chi connectivity index (χ0n) is 11.8. The smallest absolute Gasteiger partial charge is 0.262 e. The predicted octanol–water partition coefficient (Wildman–Crippen LogP) is 2.64. The maximum atomic E-state index is 13.0. The van der Waals surface area contributed by atoms with E-state index in [-0.39, 0.29) is 11.9 Å². The molecule has 2 aliphatic rings. The molecule has 2 unspecified atom stereocenters. The third-order valence-corrected chi connectivity index (χ3v) is 4.19. The zero-order chi connectivity index (χ0) is 14.1. The van der Waals surface area contributed by atoms with Crippen LogP contribution < -0.4 is 9.47 Å². The molecule has 106 valence electrons. The molecular formula is C16H19NO3. The number of hydrogen-bond donors (Lipinski definition) is 0. The summed E-state index contributed by atoms with van der Waals surface area (Å²) in [4.78, 5) is 14.9. The van der Waals surface area contributed by atoms with Crippen LogP contribution in [0.5, 0.6) is 11.5 Å². The van der Waals surface area contributed by atoms with E-state index in [4.69, 9.17) is 9.47 Å². The molecule has 0 aromatic heterocycles. The van der Waals surface area contributed by atoms with Crippen LogP contribution in [0.1, 0.15) is 29.6 Å². The lowest BCUT2D eigenvalue weighted by Crippen LogP contribution is -2.42. The number of methoxy groups -OCH3 is 2. The molecule has 2 aliphatic heterocycles. The van der Waals surface area contributed by atoms with E-state index in [1.54, 1.807) is 26.4 Å². The van der Waals surface area contributed by atoms with E-state index in [1.807, 2.05) is 11.0 Å². The van der Waals surface area contributed by atoms with Crippen LogP contribution in [0.4, 0.5) is 0 Å². The standard InChI is InChI=1S/C16H19NO3/c1-19-13-7-4-8-14(20-2)15(13)16(18)17-11-5-3-6-12(17)10-9-11/h3-5,7-8,11-12H,6,9-10H2,1-2H3. The van der Waals surface area contributed by atoms with Gasteiger partial charge in [0.25, 0.3) is 5.91 Å². The monoisotopic (exact) mass is 273 g/mol. The van der Waals surface area contributed by atoms with E-state index in [0.717, 1.165) is 19.3 Å². The Kier molecular flexibility index (Phi) is 3.38. The zero-order valence-corrected chi connectivity index (χ0v) is 11.8. The summed E-state index contributed by atoms with van der Waals surface area (Å²) in [5, 5.41) is 0. The van der Waals surface area contributed by atoms with Crippen molar-refractivity contribution >= 4 is 5.91 Å². The Labute approximate surface area is 119 Å². The van der Waals surface area contributed by atoms with Crippen molar-refractivity contribution in [3.8, 4) is 11.5 Å². The number of carbonyl (C=O) groups excluding carboxylic acids is 1. The summed E-state index contributed by atoms with van der Waals surface area (Å²) >= 11 is 0. The molecule has 20 heavy (non-hydrogen) atoms. The number of fused-ring (bicyclic) bond motifs is 2. The first-order chi connectivity index (χ1) is 9.76. The highest BCUT2D eigenvalue weighted by molar-refractivity contribution is 6.00. The van der Waals surface area contributed by atoms with E-state index >= 15 is 0 Å². The van der Waals surface area contributed by atoms with Crippen molar-refractivity contribution < 1.29 is 14.3 Å². The molecule has 0 aliphatic carbocycles. The topological polar surface area (TPSA) is 38.8 Å². The van der Waals surface area contributed by atoms with Gasteiger partial charge in [-0.25, -0.2) is 0 Å². The fourth-order valence-electron chi connectivity index (χ4n) is 3.23. The van der Waals surface area contributed by atoms with Gasteiger partial charge in [0, 0.05) is 6.04 Å². The van der Waals surface area contributed by atoms with Crippen molar-refractivity contribution in [2.24, 2.45) is 0 Å². The molecule has 2 heterocycles. The van der Waals surface area contributed by atoms with Gasteiger partial charge in [0.2, 0.25) is 0 Å². The quantitative estimate of drug-likeness (QED) is 0.795. The van der Waals surface area contributed by atoms with Crippen LogP contribution in [0.2, 0.25) is 0 Å². The summed E-state index contributed by atoms with van der Waals surface area (Å²) in [6, 6.07) is 5.97. The fraction of sp³-hybridized carbons (Fsp3) is 0.438. The Balaban J connectivity index is 2.01. The number of ether oxygens (including phenoxy) is 2. The average molecular weight is 273 g/mol. The molecule has 0 spiro atoms. The number of hydrogen-bond acceptors (Lipinski definition) is 3. The van der Waals surface area contributed by atoms with Crippen LogP contribution in [0.3, 0.4) is 0 Å². The summed E-state index contributed by atoms with van der Waals surface area (Å²) in [6.07, 6.45) is 7.39. The third-order valence-electron chi connectivity index (χ3n) is 4.19. The molecule has 0 N–H and O–H groups in total. The first kappa shape index (κ1) is 13.0. The van der Waals surface area contributed by atoms with Gasteiger partial charge in [0.1, 0.15) is 17.1 Å². The molecule has 4 heteroatoms. The van der Waals surface area contributed by atoms with Gasteiger partial charge < -0.3 is 14.4 Å². The van der Waals surface area contributed by atoms with Crippen molar-refractivity contribution in [1.29, 1.82) is 0 Å². The van der Waals surface area contributed by atoms with Crippen LogP contribution >= 0.6 is 0 Å². The van der Waals surface area contributed by atoms with Gasteiger partial charge in [0.05, 0.1) is 20.3 Å². The van der Waals surface area contributed by atoms with Gasteiger partial charge >= 0.3 is 0 Å². The molecule has 1 aromatic rings. The molecule has 3 rings (SSSR count). The van der Waals surface area contributed by atoms with E-state index in [1.165, 1.54) is 0 Å². The van der Waals surface area contributed by atoms with Crippen LogP contribution in [0, 0.1) is 0 Å². The summed E-state index contributed by atoms with van der Waals surface area (Å²) in [7, 11) is 3.16.